The Kier molecular flexibility index (Phi) is 6.90. The van der Waals surface area contributed by atoms with Gasteiger partial charge < -0.3 is 14.5 Å². The number of anilines is 1. The Balaban J connectivity index is 1.67. The van der Waals surface area contributed by atoms with Gasteiger partial charge in [0, 0.05) is 42.7 Å². The third-order valence-electron chi connectivity index (χ3n) is 6.02. The molecular weight excluding hydrogens is 384 g/mol. The van der Waals surface area contributed by atoms with Crippen molar-refractivity contribution in [2.45, 2.75) is 57.5 Å². The normalized spacial score (nSPS) is 19.1. The second-order valence-electron chi connectivity index (χ2n) is 8.43. The van der Waals surface area contributed by atoms with Crippen LogP contribution in [0.3, 0.4) is 0 Å². The van der Waals surface area contributed by atoms with E-state index in [1.807, 2.05) is 12.3 Å². The summed E-state index contributed by atoms with van der Waals surface area (Å²) in [5.41, 5.74) is 1.14. The van der Waals surface area contributed by atoms with E-state index in [1.165, 1.54) is 12.0 Å². The molecule has 7 heteroatoms. The molecule has 0 N–H and O–H groups in total. The first kappa shape index (κ1) is 21.7. The molecule has 1 aliphatic heterocycles. The lowest BCUT2D eigenvalue weighted by Gasteiger charge is -2.46. The van der Waals surface area contributed by atoms with Gasteiger partial charge in [-0.3, -0.25) is 4.79 Å². The lowest BCUT2D eigenvalue weighted by atomic mass is 9.87. The van der Waals surface area contributed by atoms with Crippen LogP contribution in [0.15, 0.2) is 24.4 Å². The summed E-state index contributed by atoms with van der Waals surface area (Å²) in [6.45, 7) is 5.69. The molecule has 0 spiro atoms. The number of piperidine rings is 1. The number of aryl methyl sites for hydroxylation is 1. The van der Waals surface area contributed by atoms with Crippen LogP contribution in [-0.2, 0) is 16.0 Å². The molecule has 1 unspecified atom stereocenters. The van der Waals surface area contributed by atoms with E-state index >= 15 is 0 Å². The molecule has 0 aliphatic carbocycles. The number of methoxy groups -OCH3 is 1. The maximum atomic E-state index is 11.3. The number of aromatic nitrogens is 2. The quantitative estimate of drug-likeness (QED) is 0.636. The first-order valence-electron chi connectivity index (χ1n) is 10.2. The number of hydrogen-bond acceptors (Lipinski definition) is 7. The molecule has 0 bridgehead atoms. The maximum Gasteiger partial charge on any atom is 0.305 e. The fraction of sp³-hybridized carbons (Fsp3) is 0.591. The minimum Gasteiger partial charge on any atom is -0.469 e. The SMILES string of the molecule is COC(=O)CCCc1ccc(-c2ccnc(N(C)C3CCN(C)C(C)(C)C3)n2)s1. The van der Waals surface area contributed by atoms with Gasteiger partial charge in [-0.25, -0.2) is 9.97 Å². The summed E-state index contributed by atoms with van der Waals surface area (Å²) in [5.74, 6) is 0.635. The molecule has 2 aromatic heterocycles. The van der Waals surface area contributed by atoms with Crippen molar-refractivity contribution in [3.63, 3.8) is 0 Å². The highest BCUT2D eigenvalue weighted by Crippen LogP contribution is 2.32. The van der Waals surface area contributed by atoms with Crippen molar-refractivity contribution < 1.29 is 9.53 Å². The monoisotopic (exact) mass is 416 g/mol. The van der Waals surface area contributed by atoms with Crippen molar-refractivity contribution in [2.75, 3.05) is 32.6 Å². The van der Waals surface area contributed by atoms with Gasteiger partial charge in [0.2, 0.25) is 5.95 Å². The van der Waals surface area contributed by atoms with Crippen LogP contribution < -0.4 is 4.90 Å². The van der Waals surface area contributed by atoms with Gasteiger partial charge in [0.05, 0.1) is 17.7 Å². The van der Waals surface area contributed by atoms with Crippen LogP contribution in [0.25, 0.3) is 10.6 Å². The number of hydrogen-bond donors (Lipinski definition) is 0. The minimum atomic E-state index is -0.151. The molecule has 0 amide bonds. The fourth-order valence-corrected chi connectivity index (χ4v) is 4.81. The number of likely N-dealkylation sites (tertiary alicyclic amines) is 1. The second-order valence-corrected chi connectivity index (χ2v) is 9.60. The van der Waals surface area contributed by atoms with Crippen molar-refractivity contribution >= 4 is 23.3 Å². The van der Waals surface area contributed by atoms with E-state index in [1.54, 1.807) is 11.3 Å². The Labute approximate surface area is 177 Å². The number of carbonyl (C=O) groups excluding carboxylic acids is 1. The summed E-state index contributed by atoms with van der Waals surface area (Å²) in [7, 11) is 5.74. The van der Waals surface area contributed by atoms with Gasteiger partial charge in [0.1, 0.15) is 0 Å². The van der Waals surface area contributed by atoms with Crippen LogP contribution in [0.2, 0.25) is 0 Å². The number of nitrogens with zero attached hydrogens (tertiary/aromatic N) is 4. The third kappa shape index (κ3) is 5.34. The molecule has 29 heavy (non-hydrogen) atoms. The minimum absolute atomic E-state index is 0.151. The predicted octanol–water partition coefficient (Wildman–Crippen LogP) is 4.01. The average molecular weight is 417 g/mol. The first-order chi connectivity index (χ1) is 13.8. The molecule has 1 saturated heterocycles. The summed E-state index contributed by atoms with van der Waals surface area (Å²) in [4.78, 5) is 27.7. The summed E-state index contributed by atoms with van der Waals surface area (Å²) < 4.78 is 4.71. The molecule has 0 radical (unpaired) electrons. The van der Waals surface area contributed by atoms with Crippen molar-refractivity contribution in [3.8, 4) is 10.6 Å². The molecule has 3 rings (SSSR count). The second kappa shape index (κ2) is 9.22. The molecule has 158 valence electrons. The fourth-order valence-electron chi connectivity index (χ4n) is 3.79. The molecule has 1 atom stereocenters. The van der Waals surface area contributed by atoms with Gasteiger partial charge in [-0.1, -0.05) is 0 Å². The highest BCUT2D eigenvalue weighted by molar-refractivity contribution is 7.15. The standard InChI is InChI=1S/C22H32N4O2S/c1-22(2)15-16(12-14-25(22)3)26(4)21-23-13-11-18(24-21)19-10-9-17(29-19)7-6-8-20(27)28-5/h9-11,13,16H,6-8,12,14-15H2,1-5H3. The zero-order chi connectivity index (χ0) is 21.0. The molecule has 0 aromatic carbocycles. The van der Waals surface area contributed by atoms with E-state index in [9.17, 15) is 4.79 Å². The van der Waals surface area contributed by atoms with E-state index in [0.29, 0.717) is 12.5 Å². The predicted molar refractivity (Wildman–Crippen MR) is 118 cm³/mol. The maximum absolute atomic E-state index is 11.3. The molecule has 1 fully saturated rings. The van der Waals surface area contributed by atoms with Gasteiger partial charge >= 0.3 is 5.97 Å². The lowest BCUT2D eigenvalue weighted by Crippen LogP contribution is -2.53. The Bertz CT molecular complexity index is 836. The zero-order valence-corrected chi connectivity index (χ0v) is 19.0. The average Bonchev–Trinajstić information content (AvgIpc) is 3.18. The van der Waals surface area contributed by atoms with Gasteiger partial charge in [0.25, 0.3) is 0 Å². The summed E-state index contributed by atoms with van der Waals surface area (Å²) in [5, 5.41) is 0. The van der Waals surface area contributed by atoms with E-state index in [0.717, 1.165) is 48.7 Å². The first-order valence-corrected chi connectivity index (χ1v) is 11.0. The van der Waals surface area contributed by atoms with Crippen LogP contribution >= 0.6 is 11.3 Å². The van der Waals surface area contributed by atoms with Crippen LogP contribution in [0.1, 0.15) is 44.4 Å². The number of rotatable bonds is 7. The van der Waals surface area contributed by atoms with Crippen LogP contribution in [0.4, 0.5) is 5.95 Å². The Hall–Kier alpha value is -1.99. The van der Waals surface area contributed by atoms with Gasteiger partial charge in [-0.2, -0.15) is 0 Å². The molecule has 6 nitrogen and oxygen atoms in total. The Morgan fingerprint density at radius 2 is 2.17 bits per heavy atom. The number of carbonyl (C=O) groups is 1. The Morgan fingerprint density at radius 1 is 1.38 bits per heavy atom. The van der Waals surface area contributed by atoms with E-state index in [-0.39, 0.29) is 11.5 Å². The molecule has 3 heterocycles. The molecule has 0 saturated carbocycles. The van der Waals surface area contributed by atoms with Gasteiger partial charge in [-0.05, 0) is 64.8 Å². The van der Waals surface area contributed by atoms with Crippen LogP contribution in [0, 0.1) is 0 Å². The van der Waals surface area contributed by atoms with E-state index in [4.69, 9.17) is 9.72 Å². The highest BCUT2D eigenvalue weighted by atomic mass is 32.1. The number of thiophene rings is 1. The lowest BCUT2D eigenvalue weighted by molar-refractivity contribution is -0.140. The molecule has 1 aliphatic rings. The molecule has 2 aromatic rings. The number of esters is 1. The zero-order valence-electron chi connectivity index (χ0n) is 18.1. The van der Waals surface area contributed by atoms with Crippen LogP contribution in [0.5, 0.6) is 0 Å². The largest absolute Gasteiger partial charge is 0.469 e. The summed E-state index contributed by atoms with van der Waals surface area (Å²) in [6.07, 6.45) is 6.20. The van der Waals surface area contributed by atoms with Gasteiger partial charge in [0.15, 0.2) is 0 Å². The summed E-state index contributed by atoms with van der Waals surface area (Å²) in [6, 6.07) is 6.65. The smallest absolute Gasteiger partial charge is 0.305 e. The Morgan fingerprint density at radius 3 is 2.90 bits per heavy atom. The van der Waals surface area contributed by atoms with Gasteiger partial charge in [-0.15, -0.1) is 11.3 Å². The van der Waals surface area contributed by atoms with Crippen molar-refractivity contribution in [1.82, 2.24) is 14.9 Å². The third-order valence-corrected chi connectivity index (χ3v) is 7.19. The topological polar surface area (TPSA) is 58.6 Å². The van der Waals surface area contributed by atoms with E-state index in [2.05, 4.69) is 54.9 Å². The summed E-state index contributed by atoms with van der Waals surface area (Å²) >= 11 is 1.73. The van der Waals surface area contributed by atoms with Crippen molar-refractivity contribution in [3.05, 3.63) is 29.3 Å². The van der Waals surface area contributed by atoms with Crippen molar-refractivity contribution in [2.24, 2.45) is 0 Å². The van der Waals surface area contributed by atoms with Crippen LogP contribution in [-0.4, -0.2) is 60.2 Å². The highest BCUT2D eigenvalue weighted by Gasteiger charge is 2.34. The number of ether oxygens (including phenoxy) is 1. The van der Waals surface area contributed by atoms with E-state index < -0.39 is 0 Å². The van der Waals surface area contributed by atoms with Crippen molar-refractivity contribution in [1.29, 1.82) is 0 Å². The molecular formula is C22H32N4O2S.